The number of Topliss-reactive ketones (excluding diaryl/α,β-unsaturated/α-hetero) is 1. The van der Waals surface area contributed by atoms with Gasteiger partial charge in [-0.25, -0.2) is 4.98 Å². The second-order valence-corrected chi connectivity index (χ2v) is 9.01. The molecule has 0 unspecified atom stereocenters. The van der Waals surface area contributed by atoms with Gasteiger partial charge in [0.1, 0.15) is 4.83 Å². The van der Waals surface area contributed by atoms with E-state index in [9.17, 15) is 9.59 Å². The van der Waals surface area contributed by atoms with Crippen LogP contribution in [0.4, 0.5) is 0 Å². The number of halogens is 1. The number of hydrogen-bond donors (Lipinski definition) is 1. The van der Waals surface area contributed by atoms with Crippen molar-refractivity contribution in [3.8, 4) is 11.1 Å². The first-order chi connectivity index (χ1) is 15.1. The molecule has 0 saturated carbocycles. The smallest absolute Gasteiger partial charge is 0.263 e. The number of aromatic nitrogens is 3. The molecule has 1 aromatic carbocycles. The first-order valence-corrected chi connectivity index (χ1v) is 11.9. The first-order valence-electron chi connectivity index (χ1n) is 9.65. The molecule has 0 radical (unpaired) electrons. The highest BCUT2D eigenvalue weighted by Crippen LogP contribution is 2.35. The van der Waals surface area contributed by atoms with E-state index in [0.29, 0.717) is 45.7 Å². The van der Waals surface area contributed by atoms with Crippen LogP contribution in [0.5, 0.6) is 0 Å². The lowest BCUT2D eigenvalue weighted by atomic mass is 10.1. The molecule has 0 fully saturated rings. The minimum absolute atomic E-state index is 0.0456. The summed E-state index contributed by atoms with van der Waals surface area (Å²) in [7, 11) is 1.63. The predicted octanol–water partition coefficient (Wildman–Crippen LogP) is 5.12. The molecular formula is C22H20ClN3O3S2. The van der Waals surface area contributed by atoms with Crippen LogP contribution in [-0.2, 0) is 11.3 Å². The minimum Gasteiger partial charge on any atom is -0.385 e. The zero-order chi connectivity index (χ0) is 21.8. The van der Waals surface area contributed by atoms with Crippen LogP contribution >= 0.6 is 34.7 Å². The van der Waals surface area contributed by atoms with E-state index in [1.165, 1.54) is 23.1 Å². The molecule has 0 saturated heterocycles. The maximum atomic E-state index is 13.5. The number of ketones is 1. The highest BCUT2D eigenvalue weighted by molar-refractivity contribution is 7.99. The van der Waals surface area contributed by atoms with Crippen molar-refractivity contribution < 1.29 is 9.53 Å². The lowest BCUT2D eigenvalue weighted by Gasteiger charge is -2.12. The molecule has 0 spiro atoms. The lowest BCUT2D eigenvalue weighted by Crippen LogP contribution is -2.24. The summed E-state index contributed by atoms with van der Waals surface area (Å²) in [6.45, 7) is 0.976. The molecule has 0 aliphatic rings. The van der Waals surface area contributed by atoms with Gasteiger partial charge >= 0.3 is 0 Å². The number of fused-ring (bicyclic) bond motifs is 1. The first kappa shape index (κ1) is 21.8. The topological polar surface area (TPSA) is 77.0 Å². The normalized spacial score (nSPS) is 11.3. The van der Waals surface area contributed by atoms with Gasteiger partial charge in [-0.3, -0.25) is 14.2 Å². The zero-order valence-corrected chi connectivity index (χ0v) is 19.1. The number of hydrogen-bond acceptors (Lipinski definition) is 6. The van der Waals surface area contributed by atoms with Crippen LogP contribution in [0.1, 0.15) is 16.9 Å². The summed E-state index contributed by atoms with van der Waals surface area (Å²) in [5.41, 5.74) is 1.99. The van der Waals surface area contributed by atoms with E-state index in [2.05, 4.69) is 4.98 Å². The Balaban J connectivity index is 1.75. The summed E-state index contributed by atoms with van der Waals surface area (Å²) >= 11 is 9.06. The third-order valence-corrected chi connectivity index (χ3v) is 6.96. The fraction of sp³-hybridized carbons (Fsp3) is 0.227. The van der Waals surface area contributed by atoms with Gasteiger partial charge in [0.15, 0.2) is 10.9 Å². The van der Waals surface area contributed by atoms with E-state index in [1.54, 1.807) is 36.1 Å². The van der Waals surface area contributed by atoms with E-state index < -0.39 is 0 Å². The van der Waals surface area contributed by atoms with Gasteiger partial charge in [0.2, 0.25) is 0 Å². The Bertz CT molecular complexity index is 1260. The Morgan fingerprint density at radius 1 is 1.26 bits per heavy atom. The van der Waals surface area contributed by atoms with Crippen LogP contribution in [0.25, 0.3) is 21.3 Å². The average Bonchev–Trinajstić information content (AvgIpc) is 3.45. The summed E-state index contributed by atoms with van der Waals surface area (Å²) in [5.74, 6) is 0.140. The number of thioether (sulfide) groups is 1. The molecule has 0 bridgehead atoms. The molecule has 160 valence electrons. The number of nitrogens with zero attached hydrogens (tertiary/aromatic N) is 2. The van der Waals surface area contributed by atoms with Crippen LogP contribution in [0.3, 0.4) is 0 Å². The van der Waals surface area contributed by atoms with Crippen molar-refractivity contribution in [2.24, 2.45) is 0 Å². The lowest BCUT2D eigenvalue weighted by molar-refractivity contribution is 0.101. The van der Waals surface area contributed by atoms with E-state index in [1.807, 2.05) is 23.6 Å². The van der Waals surface area contributed by atoms with Gasteiger partial charge in [-0.05, 0) is 24.6 Å². The summed E-state index contributed by atoms with van der Waals surface area (Å²) in [6.07, 6.45) is 2.37. The second kappa shape index (κ2) is 9.82. The number of thiophene rings is 1. The monoisotopic (exact) mass is 473 g/mol. The number of carbonyl (C=O) groups excluding carboxylic acids is 1. The quantitative estimate of drug-likeness (QED) is 0.158. The van der Waals surface area contributed by atoms with E-state index >= 15 is 0 Å². The molecule has 6 nitrogen and oxygen atoms in total. The predicted molar refractivity (Wildman–Crippen MR) is 127 cm³/mol. The maximum absolute atomic E-state index is 13.5. The number of methoxy groups -OCH3 is 1. The largest absolute Gasteiger partial charge is 0.385 e. The van der Waals surface area contributed by atoms with Gasteiger partial charge in [0.25, 0.3) is 5.56 Å². The fourth-order valence-corrected chi connectivity index (χ4v) is 5.40. The molecule has 0 aliphatic carbocycles. The number of benzene rings is 1. The van der Waals surface area contributed by atoms with Crippen molar-refractivity contribution in [2.45, 2.75) is 18.1 Å². The van der Waals surface area contributed by atoms with Crippen LogP contribution in [0.2, 0.25) is 5.02 Å². The third kappa shape index (κ3) is 4.62. The van der Waals surface area contributed by atoms with Crippen molar-refractivity contribution >= 4 is 50.7 Å². The highest BCUT2D eigenvalue weighted by atomic mass is 35.5. The number of rotatable bonds is 9. The Morgan fingerprint density at radius 3 is 2.84 bits per heavy atom. The fourth-order valence-electron chi connectivity index (χ4n) is 3.27. The van der Waals surface area contributed by atoms with Crippen LogP contribution < -0.4 is 5.56 Å². The molecule has 4 rings (SSSR count). The molecule has 9 heteroatoms. The molecule has 1 N–H and O–H groups in total. The van der Waals surface area contributed by atoms with E-state index in [-0.39, 0.29) is 17.1 Å². The Hall–Kier alpha value is -2.39. The van der Waals surface area contributed by atoms with Crippen molar-refractivity contribution in [3.05, 3.63) is 69.0 Å². The van der Waals surface area contributed by atoms with Crippen LogP contribution in [0.15, 0.2) is 57.9 Å². The Kier molecular flexibility index (Phi) is 6.92. The van der Waals surface area contributed by atoms with Crippen molar-refractivity contribution in [1.82, 2.24) is 14.5 Å². The summed E-state index contributed by atoms with van der Waals surface area (Å²) in [5, 5.41) is 3.58. The summed E-state index contributed by atoms with van der Waals surface area (Å²) in [6, 6.07) is 11.0. The number of ether oxygens (including phenoxy) is 1. The minimum atomic E-state index is -0.132. The number of H-pyrrole nitrogens is 1. The maximum Gasteiger partial charge on any atom is 0.263 e. The zero-order valence-electron chi connectivity index (χ0n) is 16.8. The standard InChI is InChI=1S/C22H20ClN3O3S2/c1-29-11-5-10-26-21(28)19-15(14-6-2-3-7-16(14)23)12-30-20(19)25-22(26)31-13-18(27)17-8-4-9-24-17/h2-4,6-9,12,24H,5,10-11,13H2,1H3. The average molecular weight is 474 g/mol. The molecular weight excluding hydrogens is 454 g/mol. The Labute approximate surface area is 192 Å². The second-order valence-electron chi connectivity index (χ2n) is 6.80. The van der Waals surface area contributed by atoms with Gasteiger partial charge in [-0.2, -0.15) is 0 Å². The Morgan fingerprint density at radius 2 is 2.10 bits per heavy atom. The van der Waals surface area contributed by atoms with E-state index in [4.69, 9.17) is 21.3 Å². The van der Waals surface area contributed by atoms with Crippen LogP contribution in [-0.4, -0.2) is 39.8 Å². The van der Waals surface area contributed by atoms with Gasteiger partial charge in [-0.15, -0.1) is 11.3 Å². The number of aromatic amines is 1. The van der Waals surface area contributed by atoms with Crippen LogP contribution in [0, 0.1) is 0 Å². The van der Waals surface area contributed by atoms with Gasteiger partial charge < -0.3 is 9.72 Å². The van der Waals surface area contributed by atoms with Crippen molar-refractivity contribution in [1.29, 1.82) is 0 Å². The molecule has 0 amide bonds. The number of nitrogens with one attached hydrogen (secondary N) is 1. The molecule has 0 aliphatic heterocycles. The molecule has 0 atom stereocenters. The molecule has 31 heavy (non-hydrogen) atoms. The van der Waals surface area contributed by atoms with Gasteiger partial charge in [0.05, 0.1) is 16.8 Å². The third-order valence-electron chi connectivity index (χ3n) is 4.78. The van der Waals surface area contributed by atoms with E-state index in [0.717, 1.165) is 11.1 Å². The molecule has 3 aromatic heterocycles. The number of carbonyl (C=O) groups is 1. The molecule has 3 heterocycles. The molecule has 4 aromatic rings. The highest BCUT2D eigenvalue weighted by Gasteiger charge is 2.19. The SMILES string of the molecule is COCCCn1c(SCC(=O)c2ccc[nH]2)nc2scc(-c3ccccc3Cl)c2c1=O. The summed E-state index contributed by atoms with van der Waals surface area (Å²) < 4.78 is 6.80. The van der Waals surface area contributed by atoms with Gasteiger partial charge in [0, 0.05) is 48.0 Å². The van der Waals surface area contributed by atoms with Crippen molar-refractivity contribution in [3.63, 3.8) is 0 Å². The van der Waals surface area contributed by atoms with Gasteiger partial charge in [-0.1, -0.05) is 41.6 Å². The summed E-state index contributed by atoms with van der Waals surface area (Å²) in [4.78, 5) is 34.2. The van der Waals surface area contributed by atoms with Crippen molar-refractivity contribution in [2.75, 3.05) is 19.5 Å².